The number of hydrogen-bond acceptors (Lipinski definition) is 6. The Morgan fingerprint density at radius 1 is 0.711 bits per heavy atom. The van der Waals surface area contributed by atoms with E-state index >= 15 is 0 Å². The van der Waals surface area contributed by atoms with Crippen molar-refractivity contribution >= 4 is 33.0 Å². The summed E-state index contributed by atoms with van der Waals surface area (Å²) in [6.07, 6.45) is 15.1. The van der Waals surface area contributed by atoms with Crippen molar-refractivity contribution in [3.05, 3.63) is 25.3 Å². The summed E-state index contributed by atoms with van der Waals surface area (Å²) in [5.41, 5.74) is 0. The van der Waals surface area contributed by atoms with Crippen LogP contribution in [0.25, 0.3) is 0 Å². The molecule has 0 saturated carbocycles. The average Bonchev–Trinajstić information content (AvgIpc) is 2.97. The van der Waals surface area contributed by atoms with Gasteiger partial charge in [0, 0.05) is 25.6 Å². The van der Waals surface area contributed by atoms with Crippen LogP contribution in [0, 0.1) is 0 Å². The van der Waals surface area contributed by atoms with Crippen molar-refractivity contribution in [2.24, 2.45) is 0 Å². The number of amides is 2. The first-order valence-corrected chi connectivity index (χ1v) is 19.7. The fourth-order valence-electron chi connectivity index (χ4n) is 5.27. The second-order valence-electron chi connectivity index (χ2n) is 11.4. The monoisotopic (exact) mass is 680 g/mol. The van der Waals surface area contributed by atoms with Gasteiger partial charge in [-0.1, -0.05) is 110 Å². The van der Waals surface area contributed by atoms with Crippen LogP contribution in [0.3, 0.4) is 0 Å². The second kappa shape index (κ2) is 24.4. The summed E-state index contributed by atoms with van der Waals surface area (Å²) in [6.45, 7) is 10.5. The molecular weight excluding hydrogens is 622 g/mol. The van der Waals surface area contributed by atoms with Crippen LogP contribution in [0.4, 0.5) is 0 Å². The van der Waals surface area contributed by atoms with Crippen LogP contribution in [0.2, 0.25) is 0 Å². The molecule has 12 nitrogen and oxygen atoms in total. The van der Waals surface area contributed by atoms with E-state index in [4.69, 9.17) is 4.74 Å². The van der Waals surface area contributed by atoms with Crippen LogP contribution < -0.4 is 0 Å². The van der Waals surface area contributed by atoms with Gasteiger partial charge in [0.2, 0.25) is 11.8 Å². The summed E-state index contributed by atoms with van der Waals surface area (Å²) >= 11 is 0. The van der Waals surface area contributed by atoms with Gasteiger partial charge in [0.15, 0.2) is 5.40 Å². The van der Waals surface area contributed by atoms with Gasteiger partial charge >= 0.3 is 21.2 Å². The van der Waals surface area contributed by atoms with Gasteiger partial charge in [-0.3, -0.25) is 18.7 Å². The summed E-state index contributed by atoms with van der Waals surface area (Å²) in [6, 6.07) is -1.51. The summed E-state index contributed by atoms with van der Waals surface area (Å²) < 4.78 is 30.0. The quantitative estimate of drug-likeness (QED) is 0.0337. The van der Waals surface area contributed by atoms with Crippen LogP contribution in [0.1, 0.15) is 117 Å². The third-order valence-corrected chi connectivity index (χ3v) is 11.6. The highest BCUT2D eigenvalue weighted by Gasteiger charge is 2.51. The number of carbonyl (C=O) groups excluding carboxylic acids is 3. The zero-order valence-corrected chi connectivity index (χ0v) is 29.2. The standard InChI is InChI=1S/C31H58N2O10P2/c1-5-9-11-13-15-17-19-21-27(31(44(37,38)39)45(40,41)42)33(28(34)7-3)24-23-32(25-26-43-30(36)8-4)29(35)22-20-18-16-14-12-10-6-2/h7-8,27,31H,3-6,9-26H2,1-2H3,(H2,37,38,39)(H2,40,41,42). The Kier molecular flexibility index (Phi) is 23.4. The van der Waals surface area contributed by atoms with Gasteiger partial charge in [-0.05, 0) is 18.9 Å². The van der Waals surface area contributed by atoms with Crippen LogP contribution >= 0.6 is 15.2 Å². The molecule has 14 heteroatoms. The zero-order chi connectivity index (χ0) is 34.3. The minimum absolute atomic E-state index is 0.00608. The van der Waals surface area contributed by atoms with Gasteiger partial charge < -0.3 is 34.1 Å². The molecule has 0 radical (unpaired) electrons. The van der Waals surface area contributed by atoms with Crippen LogP contribution in [-0.2, 0) is 28.3 Å². The van der Waals surface area contributed by atoms with E-state index in [1.54, 1.807) is 0 Å². The molecule has 0 saturated heterocycles. The first kappa shape index (κ1) is 43.2. The number of carbonyl (C=O) groups is 3. The molecule has 0 aliphatic heterocycles. The van der Waals surface area contributed by atoms with E-state index in [0.717, 1.165) is 81.3 Å². The zero-order valence-electron chi connectivity index (χ0n) is 27.4. The first-order chi connectivity index (χ1) is 21.2. The predicted molar refractivity (Wildman–Crippen MR) is 177 cm³/mol. The molecule has 4 N–H and O–H groups in total. The maximum Gasteiger partial charge on any atom is 0.342 e. The molecule has 0 aromatic rings. The Hall–Kier alpha value is -1.81. The van der Waals surface area contributed by atoms with Crippen molar-refractivity contribution in [1.82, 2.24) is 9.80 Å². The third-order valence-electron chi connectivity index (χ3n) is 7.72. The number of rotatable bonds is 28. The lowest BCUT2D eigenvalue weighted by atomic mass is 10.0. The normalized spacial score (nSPS) is 12.5. The van der Waals surface area contributed by atoms with E-state index in [9.17, 15) is 43.1 Å². The third kappa shape index (κ3) is 19.5. The molecule has 2 amide bonds. The van der Waals surface area contributed by atoms with Crippen molar-refractivity contribution in [2.45, 2.75) is 128 Å². The Morgan fingerprint density at radius 2 is 1.20 bits per heavy atom. The summed E-state index contributed by atoms with van der Waals surface area (Å²) in [5.74, 6) is -1.69. The fraction of sp³-hybridized carbons (Fsp3) is 0.774. The molecule has 0 aliphatic rings. The highest BCUT2D eigenvalue weighted by atomic mass is 31.2. The van der Waals surface area contributed by atoms with E-state index in [2.05, 4.69) is 27.0 Å². The molecular formula is C31H58N2O10P2. The molecule has 1 unspecified atom stereocenters. The van der Waals surface area contributed by atoms with Crippen LogP contribution in [-0.4, -0.2) is 84.8 Å². The maximum absolute atomic E-state index is 13.2. The second-order valence-corrected chi connectivity index (χ2v) is 15.3. The van der Waals surface area contributed by atoms with E-state index in [1.807, 2.05) is 0 Å². The molecule has 0 heterocycles. The lowest BCUT2D eigenvalue weighted by Gasteiger charge is -2.38. The maximum atomic E-state index is 13.2. The Balaban J connectivity index is 5.95. The van der Waals surface area contributed by atoms with Gasteiger partial charge in [0.25, 0.3) is 0 Å². The number of ether oxygens (including phenoxy) is 1. The lowest BCUT2D eigenvalue weighted by Crippen LogP contribution is -2.50. The molecule has 0 bridgehead atoms. The molecule has 0 aromatic heterocycles. The molecule has 262 valence electrons. The van der Waals surface area contributed by atoms with Crippen LogP contribution in [0.15, 0.2) is 25.3 Å². The molecule has 0 aromatic carbocycles. The minimum atomic E-state index is -5.39. The molecule has 0 aliphatic carbocycles. The van der Waals surface area contributed by atoms with Gasteiger partial charge in [0.05, 0.1) is 12.6 Å². The minimum Gasteiger partial charge on any atom is -0.461 e. The van der Waals surface area contributed by atoms with E-state index in [1.165, 1.54) is 11.3 Å². The van der Waals surface area contributed by atoms with Gasteiger partial charge in [-0.15, -0.1) is 0 Å². The lowest BCUT2D eigenvalue weighted by molar-refractivity contribution is -0.141. The van der Waals surface area contributed by atoms with E-state index in [-0.39, 0.29) is 45.0 Å². The fourth-order valence-corrected chi connectivity index (χ4v) is 8.36. The van der Waals surface area contributed by atoms with Crippen molar-refractivity contribution in [2.75, 3.05) is 26.2 Å². The van der Waals surface area contributed by atoms with E-state index < -0.39 is 38.5 Å². The Morgan fingerprint density at radius 3 is 1.67 bits per heavy atom. The Bertz CT molecular complexity index is 959. The first-order valence-electron chi connectivity index (χ1n) is 16.3. The van der Waals surface area contributed by atoms with Gasteiger partial charge in [-0.25, -0.2) is 4.79 Å². The van der Waals surface area contributed by atoms with Gasteiger partial charge in [0.1, 0.15) is 6.61 Å². The Labute approximate surface area is 270 Å². The predicted octanol–water partition coefficient (Wildman–Crippen LogP) is 5.89. The van der Waals surface area contributed by atoms with Crippen molar-refractivity contribution in [3.8, 4) is 0 Å². The number of esters is 1. The highest BCUT2D eigenvalue weighted by Crippen LogP contribution is 2.62. The molecule has 1 atom stereocenters. The number of hydrogen-bond donors (Lipinski definition) is 4. The highest BCUT2D eigenvalue weighted by molar-refractivity contribution is 7.71. The average molecular weight is 681 g/mol. The van der Waals surface area contributed by atoms with E-state index in [0.29, 0.717) is 19.3 Å². The van der Waals surface area contributed by atoms with Crippen molar-refractivity contribution < 1.29 is 47.8 Å². The van der Waals surface area contributed by atoms with Crippen molar-refractivity contribution in [3.63, 3.8) is 0 Å². The number of nitrogens with zero attached hydrogens (tertiary/aromatic N) is 2. The molecule has 45 heavy (non-hydrogen) atoms. The molecule has 0 rings (SSSR count). The summed E-state index contributed by atoms with van der Waals surface area (Å²) in [5, 5.41) is -2.43. The topological polar surface area (TPSA) is 182 Å². The smallest absolute Gasteiger partial charge is 0.342 e. The van der Waals surface area contributed by atoms with Crippen molar-refractivity contribution in [1.29, 1.82) is 0 Å². The van der Waals surface area contributed by atoms with Crippen LogP contribution in [0.5, 0.6) is 0 Å². The summed E-state index contributed by atoms with van der Waals surface area (Å²) in [7, 11) is -10.8. The molecule has 0 spiro atoms. The molecule has 0 fully saturated rings. The largest absolute Gasteiger partial charge is 0.461 e. The van der Waals surface area contributed by atoms with Gasteiger partial charge in [-0.2, -0.15) is 0 Å². The SMILES string of the molecule is C=CC(=O)OCCN(CCN(C(=O)C=C)C(CCCCCCCCC)C(P(=O)(O)O)P(=O)(O)O)C(=O)CCCCCCCCC. The summed E-state index contributed by atoms with van der Waals surface area (Å²) in [4.78, 5) is 80.5. The number of unbranched alkanes of at least 4 members (excludes halogenated alkanes) is 12.